The summed E-state index contributed by atoms with van der Waals surface area (Å²) in [6, 6.07) is 23.1. The minimum atomic E-state index is -3.56. The monoisotopic (exact) mass is 589 g/mol. The molecule has 10 heteroatoms. The van der Waals surface area contributed by atoms with Gasteiger partial charge in [-0.05, 0) is 47.5 Å². The van der Waals surface area contributed by atoms with Crippen molar-refractivity contribution in [2.75, 3.05) is 26.3 Å². The van der Waals surface area contributed by atoms with Crippen molar-refractivity contribution < 1.29 is 17.5 Å². The fourth-order valence-electron chi connectivity index (χ4n) is 3.93. The standard InChI is InChI=1S/C26H24FN3O3S2.BrH/c27-22-8-10-23(11-9-22)28-26-30(18-20-4-2-1-3-5-20)25(19-34-26)21-6-12-24(13-7-21)35(31,32)29-14-16-33-17-15-29;/h1-13,19H,14-18H2;1H. The highest BCUT2D eigenvalue weighted by Crippen LogP contribution is 2.25. The summed E-state index contributed by atoms with van der Waals surface area (Å²) in [6.07, 6.45) is 0. The Morgan fingerprint density at radius 3 is 2.25 bits per heavy atom. The van der Waals surface area contributed by atoms with Crippen molar-refractivity contribution in [1.82, 2.24) is 8.87 Å². The predicted molar refractivity (Wildman–Crippen MR) is 145 cm³/mol. The molecule has 0 atom stereocenters. The van der Waals surface area contributed by atoms with Gasteiger partial charge in [-0.1, -0.05) is 42.5 Å². The summed E-state index contributed by atoms with van der Waals surface area (Å²) in [5.41, 5.74) is 3.58. The van der Waals surface area contributed by atoms with E-state index in [1.165, 1.54) is 27.8 Å². The summed E-state index contributed by atoms with van der Waals surface area (Å²) in [5, 5.41) is 2.01. The molecule has 1 aliphatic rings. The van der Waals surface area contributed by atoms with Crippen LogP contribution in [-0.2, 0) is 21.3 Å². The molecular weight excluding hydrogens is 565 g/mol. The summed E-state index contributed by atoms with van der Waals surface area (Å²) in [4.78, 5) is 5.78. The SMILES string of the molecule is Br.O=S(=O)(c1ccc(-c2csc(=Nc3ccc(F)cc3)n2Cc2ccccc2)cc1)N1CCOCC1. The van der Waals surface area contributed by atoms with Gasteiger partial charge in [0, 0.05) is 18.5 Å². The summed E-state index contributed by atoms with van der Waals surface area (Å²) < 4.78 is 48.2. The largest absolute Gasteiger partial charge is 0.379 e. The van der Waals surface area contributed by atoms with Gasteiger partial charge in [-0.15, -0.1) is 28.3 Å². The van der Waals surface area contributed by atoms with Gasteiger partial charge in [-0.25, -0.2) is 17.8 Å². The number of hydrogen-bond donors (Lipinski definition) is 0. The van der Waals surface area contributed by atoms with Crippen molar-refractivity contribution in [3.05, 3.63) is 100 Å². The van der Waals surface area contributed by atoms with Gasteiger partial charge >= 0.3 is 0 Å². The molecule has 0 spiro atoms. The second kappa shape index (κ2) is 11.6. The van der Waals surface area contributed by atoms with Crippen molar-refractivity contribution in [2.45, 2.75) is 11.4 Å². The van der Waals surface area contributed by atoms with E-state index in [4.69, 9.17) is 9.73 Å². The highest BCUT2D eigenvalue weighted by molar-refractivity contribution is 8.93. The van der Waals surface area contributed by atoms with Gasteiger partial charge in [-0.3, -0.25) is 0 Å². The van der Waals surface area contributed by atoms with E-state index in [2.05, 4.69) is 4.57 Å². The summed E-state index contributed by atoms with van der Waals surface area (Å²) in [7, 11) is -3.56. The molecule has 5 rings (SSSR count). The number of halogens is 2. The number of hydrogen-bond acceptors (Lipinski definition) is 5. The van der Waals surface area contributed by atoms with Gasteiger partial charge in [0.2, 0.25) is 10.0 Å². The Balaban J connectivity index is 0.00000304. The van der Waals surface area contributed by atoms with Crippen LogP contribution in [0, 0.1) is 5.82 Å². The molecule has 1 fully saturated rings. The Kier molecular flexibility index (Phi) is 8.53. The van der Waals surface area contributed by atoms with E-state index >= 15 is 0 Å². The van der Waals surface area contributed by atoms with Crippen LogP contribution >= 0.6 is 28.3 Å². The third-order valence-electron chi connectivity index (χ3n) is 5.79. The minimum Gasteiger partial charge on any atom is -0.379 e. The summed E-state index contributed by atoms with van der Waals surface area (Å²) in [6.45, 7) is 2.13. The van der Waals surface area contributed by atoms with Crippen molar-refractivity contribution in [3.63, 3.8) is 0 Å². The second-order valence-corrected chi connectivity index (χ2v) is 10.9. The highest BCUT2D eigenvalue weighted by Gasteiger charge is 2.26. The number of nitrogens with zero attached hydrogens (tertiary/aromatic N) is 3. The zero-order valence-corrected chi connectivity index (χ0v) is 22.6. The number of morpholine rings is 1. The lowest BCUT2D eigenvalue weighted by Crippen LogP contribution is -2.40. The highest BCUT2D eigenvalue weighted by atomic mass is 79.9. The molecule has 4 aromatic rings. The summed E-state index contributed by atoms with van der Waals surface area (Å²) in [5.74, 6) is -0.305. The van der Waals surface area contributed by atoms with Gasteiger partial charge < -0.3 is 9.30 Å². The van der Waals surface area contributed by atoms with Crippen LogP contribution in [0.5, 0.6) is 0 Å². The van der Waals surface area contributed by atoms with E-state index in [1.54, 1.807) is 24.3 Å². The maximum Gasteiger partial charge on any atom is 0.243 e. The molecule has 0 unspecified atom stereocenters. The lowest BCUT2D eigenvalue weighted by Gasteiger charge is -2.26. The molecule has 0 radical (unpaired) electrons. The van der Waals surface area contributed by atoms with E-state index in [0.29, 0.717) is 38.5 Å². The van der Waals surface area contributed by atoms with E-state index in [9.17, 15) is 12.8 Å². The molecule has 0 saturated carbocycles. The third kappa shape index (κ3) is 5.84. The minimum absolute atomic E-state index is 0. The molecule has 188 valence electrons. The average Bonchev–Trinajstić information content (AvgIpc) is 3.28. The van der Waals surface area contributed by atoms with Crippen molar-refractivity contribution in [2.24, 2.45) is 4.99 Å². The fourth-order valence-corrected chi connectivity index (χ4v) is 6.26. The normalized spacial score (nSPS) is 15.0. The maximum absolute atomic E-state index is 13.4. The zero-order chi connectivity index (χ0) is 24.3. The number of aromatic nitrogens is 1. The first-order chi connectivity index (χ1) is 17.0. The predicted octanol–water partition coefficient (Wildman–Crippen LogP) is 5.24. The molecule has 6 nitrogen and oxygen atoms in total. The Morgan fingerprint density at radius 1 is 0.917 bits per heavy atom. The Labute approximate surface area is 224 Å². The molecule has 0 bridgehead atoms. The van der Waals surface area contributed by atoms with Crippen molar-refractivity contribution in [3.8, 4) is 11.3 Å². The maximum atomic E-state index is 13.4. The van der Waals surface area contributed by atoms with E-state index < -0.39 is 10.0 Å². The number of benzene rings is 3. The Morgan fingerprint density at radius 2 is 1.58 bits per heavy atom. The van der Waals surface area contributed by atoms with Crippen molar-refractivity contribution in [1.29, 1.82) is 0 Å². The molecule has 0 aliphatic carbocycles. The van der Waals surface area contributed by atoms with Gasteiger partial charge in [-0.2, -0.15) is 4.31 Å². The number of rotatable bonds is 6. The number of sulfonamides is 1. The molecule has 36 heavy (non-hydrogen) atoms. The van der Waals surface area contributed by atoms with Crippen LogP contribution in [0.25, 0.3) is 11.3 Å². The Bertz CT molecular complexity index is 1460. The van der Waals surface area contributed by atoms with Crippen LogP contribution in [0.4, 0.5) is 10.1 Å². The van der Waals surface area contributed by atoms with E-state index in [-0.39, 0.29) is 27.7 Å². The lowest BCUT2D eigenvalue weighted by atomic mass is 10.1. The van der Waals surface area contributed by atoms with E-state index in [0.717, 1.165) is 21.6 Å². The average molecular weight is 591 g/mol. The van der Waals surface area contributed by atoms with Crippen LogP contribution in [0.1, 0.15) is 5.56 Å². The van der Waals surface area contributed by atoms with Gasteiger partial charge in [0.05, 0.1) is 36.0 Å². The smallest absolute Gasteiger partial charge is 0.243 e. The second-order valence-electron chi connectivity index (χ2n) is 8.10. The van der Waals surface area contributed by atoms with Crippen LogP contribution in [0.2, 0.25) is 0 Å². The van der Waals surface area contributed by atoms with Crippen LogP contribution in [-0.4, -0.2) is 43.6 Å². The molecule has 0 N–H and O–H groups in total. The van der Waals surface area contributed by atoms with Crippen LogP contribution in [0.15, 0.2) is 94.1 Å². The molecule has 0 amide bonds. The zero-order valence-electron chi connectivity index (χ0n) is 19.3. The van der Waals surface area contributed by atoms with E-state index in [1.807, 2.05) is 47.8 Å². The first-order valence-electron chi connectivity index (χ1n) is 11.2. The molecule has 1 aliphatic heterocycles. The lowest BCUT2D eigenvalue weighted by molar-refractivity contribution is 0.0730. The van der Waals surface area contributed by atoms with Gasteiger partial charge in [0.25, 0.3) is 0 Å². The first-order valence-corrected chi connectivity index (χ1v) is 13.5. The number of ether oxygens (including phenoxy) is 1. The van der Waals surface area contributed by atoms with Gasteiger partial charge in [0.15, 0.2) is 4.80 Å². The van der Waals surface area contributed by atoms with Crippen LogP contribution < -0.4 is 4.80 Å². The molecule has 1 aromatic heterocycles. The fraction of sp³-hybridized carbons (Fsp3) is 0.192. The van der Waals surface area contributed by atoms with Crippen molar-refractivity contribution >= 4 is 44.0 Å². The number of thiazole rings is 1. The van der Waals surface area contributed by atoms with Gasteiger partial charge in [0.1, 0.15) is 5.82 Å². The summed E-state index contributed by atoms with van der Waals surface area (Å²) >= 11 is 1.48. The topological polar surface area (TPSA) is 63.9 Å². The quantitative estimate of drug-likeness (QED) is 0.309. The third-order valence-corrected chi connectivity index (χ3v) is 8.57. The molecule has 1 saturated heterocycles. The Hall–Kier alpha value is -2.63. The molecule has 2 heterocycles. The first kappa shape index (κ1) is 26.4. The molecular formula is C26H25BrFN3O3S2. The molecule has 3 aromatic carbocycles. The van der Waals surface area contributed by atoms with Crippen LogP contribution in [0.3, 0.4) is 0 Å².